The molecule has 1 aliphatic rings. The van der Waals surface area contributed by atoms with E-state index < -0.39 is 0 Å². The summed E-state index contributed by atoms with van der Waals surface area (Å²) in [6, 6.07) is 7.93. The largest absolute Gasteiger partial charge is 0.338 e. The smallest absolute Gasteiger partial charge is 0.223 e. The SMILES string of the molecule is NC[C@H]1CCCCN1C(=O)CCc1ccccc1Cl. The topological polar surface area (TPSA) is 46.3 Å². The molecule has 1 atom stereocenters. The summed E-state index contributed by atoms with van der Waals surface area (Å²) in [5.41, 5.74) is 6.79. The van der Waals surface area contributed by atoms with Crippen LogP contribution in [0.25, 0.3) is 0 Å². The van der Waals surface area contributed by atoms with Crippen molar-refractivity contribution in [1.82, 2.24) is 4.90 Å². The summed E-state index contributed by atoms with van der Waals surface area (Å²) in [5.74, 6) is 0.204. The predicted octanol–water partition coefficient (Wildman–Crippen LogP) is 2.61. The molecule has 19 heavy (non-hydrogen) atoms. The van der Waals surface area contributed by atoms with E-state index in [1.165, 1.54) is 6.42 Å². The van der Waals surface area contributed by atoms with Gasteiger partial charge in [-0.15, -0.1) is 0 Å². The van der Waals surface area contributed by atoms with Gasteiger partial charge in [0.1, 0.15) is 0 Å². The number of benzene rings is 1. The van der Waals surface area contributed by atoms with E-state index in [2.05, 4.69) is 0 Å². The Morgan fingerprint density at radius 3 is 2.89 bits per heavy atom. The molecule has 4 heteroatoms. The number of carbonyl (C=O) groups is 1. The van der Waals surface area contributed by atoms with Gasteiger partial charge in [0.05, 0.1) is 0 Å². The second kappa shape index (κ2) is 6.92. The summed E-state index contributed by atoms with van der Waals surface area (Å²) in [5, 5.41) is 0.740. The maximum absolute atomic E-state index is 12.3. The number of rotatable bonds is 4. The highest BCUT2D eigenvalue weighted by Gasteiger charge is 2.25. The summed E-state index contributed by atoms with van der Waals surface area (Å²) in [6.07, 6.45) is 4.52. The number of nitrogens with two attached hydrogens (primary N) is 1. The summed E-state index contributed by atoms with van der Waals surface area (Å²) >= 11 is 6.10. The molecule has 1 fully saturated rings. The third kappa shape index (κ3) is 3.71. The van der Waals surface area contributed by atoms with Crippen molar-refractivity contribution < 1.29 is 4.79 Å². The van der Waals surface area contributed by atoms with Crippen LogP contribution in [-0.2, 0) is 11.2 Å². The average molecular weight is 281 g/mol. The molecule has 0 aliphatic carbocycles. The van der Waals surface area contributed by atoms with Gasteiger partial charge in [-0.1, -0.05) is 29.8 Å². The van der Waals surface area contributed by atoms with Gasteiger partial charge in [0.2, 0.25) is 5.91 Å². The number of hydrogen-bond donors (Lipinski definition) is 1. The fraction of sp³-hybridized carbons (Fsp3) is 0.533. The van der Waals surface area contributed by atoms with Gasteiger partial charge in [0.25, 0.3) is 0 Å². The zero-order valence-corrected chi connectivity index (χ0v) is 11.9. The lowest BCUT2D eigenvalue weighted by atomic mass is 10.0. The molecule has 0 spiro atoms. The number of nitrogens with zero attached hydrogens (tertiary/aromatic N) is 1. The third-order valence-electron chi connectivity index (χ3n) is 3.79. The Labute approximate surface area is 119 Å². The Hall–Kier alpha value is -1.06. The minimum absolute atomic E-state index is 0.204. The minimum atomic E-state index is 0.204. The van der Waals surface area contributed by atoms with Crippen LogP contribution in [-0.4, -0.2) is 29.9 Å². The number of amides is 1. The van der Waals surface area contributed by atoms with E-state index in [0.717, 1.165) is 30.0 Å². The van der Waals surface area contributed by atoms with Crippen LogP contribution in [0, 0.1) is 0 Å². The van der Waals surface area contributed by atoms with Crippen molar-refractivity contribution in [3.8, 4) is 0 Å². The molecule has 3 nitrogen and oxygen atoms in total. The summed E-state index contributed by atoms with van der Waals surface area (Å²) in [4.78, 5) is 14.2. The lowest BCUT2D eigenvalue weighted by Gasteiger charge is -2.35. The molecule has 1 aliphatic heterocycles. The van der Waals surface area contributed by atoms with Crippen LogP contribution in [0.5, 0.6) is 0 Å². The van der Waals surface area contributed by atoms with E-state index in [4.69, 9.17) is 17.3 Å². The monoisotopic (exact) mass is 280 g/mol. The summed E-state index contributed by atoms with van der Waals surface area (Å²) < 4.78 is 0. The quantitative estimate of drug-likeness (QED) is 0.921. The lowest BCUT2D eigenvalue weighted by molar-refractivity contribution is -0.134. The molecule has 104 valence electrons. The molecular formula is C15H21ClN2O. The predicted molar refractivity (Wildman–Crippen MR) is 78.2 cm³/mol. The van der Waals surface area contributed by atoms with Crippen LogP contribution >= 0.6 is 11.6 Å². The van der Waals surface area contributed by atoms with E-state index in [0.29, 0.717) is 19.4 Å². The number of hydrogen-bond acceptors (Lipinski definition) is 2. The first-order valence-electron chi connectivity index (χ1n) is 6.95. The Morgan fingerprint density at radius 1 is 1.37 bits per heavy atom. The maximum atomic E-state index is 12.3. The maximum Gasteiger partial charge on any atom is 0.223 e. The van der Waals surface area contributed by atoms with Crippen molar-refractivity contribution in [3.05, 3.63) is 34.9 Å². The molecule has 1 aromatic carbocycles. The van der Waals surface area contributed by atoms with Gasteiger partial charge in [0.15, 0.2) is 0 Å². The van der Waals surface area contributed by atoms with Crippen molar-refractivity contribution in [2.45, 2.75) is 38.1 Å². The molecule has 2 rings (SSSR count). The van der Waals surface area contributed by atoms with Crippen molar-refractivity contribution in [2.75, 3.05) is 13.1 Å². The molecule has 1 aromatic rings. The van der Waals surface area contributed by atoms with E-state index in [1.807, 2.05) is 29.2 Å². The number of piperidine rings is 1. The fourth-order valence-electron chi connectivity index (χ4n) is 2.66. The lowest BCUT2D eigenvalue weighted by Crippen LogP contribution is -2.47. The standard InChI is InChI=1S/C15H21ClN2O/c16-14-7-2-1-5-12(14)8-9-15(19)18-10-4-3-6-13(18)11-17/h1-2,5,7,13H,3-4,6,8-11,17H2/t13-/m1/s1. The normalized spacial score (nSPS) is 19.5. The molecule has 0 bridgehead atoms. The van der Waals surface area contributed by atoms with E-state index in [1.54, 1.807) is 0 Å². The molecule has 0 saturated carbocycles. The highest BCUT2D eigenvalue weighted by atomic mass is 35.5. The highest BCUT2D eigenvalue weighted by molar-refractivity contribution is 6.31. The summed E-state index contributed by atoms with van der Waals surface area (Å²) in [6.45, 7) is 1.42. The van der Waals surface area contributed by atoms with Gasteiger partial charge in [-0.25, -0.2) is 0 Å². The van der Waals surface area contributed by atoms with Gasteiger partial charge in [0, 0.05) is 30.6 Å². The first-order chi connectivity index (χ1) is 9.22. The van der Waals surface area contributed by atoms with Crippen molar-refractivity contribution in [1.29, 1.82) is 0 Å². The zero-order valence-electron chi connectivity index (χ0n) is 11.1. The second-order valence-electron chi connectivity index (χ2n) is 5.06. The molecule has 0 unspecified atom stereocenters. The van der Waals surface area contributed by atoms with Crippen LogP contribution in [0.3, 0.4) is 0 Å². The summed E-state index contributed by atoms with van der Waals surface area (Å²) in [7, 11) is 0. The second-order valence-corrected chi connectivity index (χ2v) is 5.47. The Balaban J connectivity index is 1.92. The highest BCUT2D eigenvalue weighted by Crippen LogP contribution is 2.20. The van der Waals surface area contributed by atoms with Gasteiger partial charge >= 0.3 is 0 Å². The van der Waals surface area contributed by atoms with Crippen LogP contribution in [0.4, 0.5) is 0 Å². The van der Waals surface area contributed by atoms with E-state index in [9.17, 15) is 4.79 Å². The van der Waals surface area contributed by atoms with Crippen LogP contribution in [0.15, 0.2) is 24.3 Å². The van der Waals surface area contributed by atoms with Crippen LogP contribution in [0.1, 0.15) is 31.2 Å². The molecule has 1 heterocycles. The minimum Gasteiger partial charge on any atom is -0.338 e. The van der Waals surface area contributed by atoms with Gasteiger partial charge in [-0.05, 0) is 37.3 Å². The first-order valence-corrected chi connectivity index (χ1v) is 7.33. The fourth-order valence-corrected chi connectivity index (χ4v) is 2.89. The van der Waals surface area contributed by atoms with Gasteiger partial charge in [-0.2, -0.15) is 0 Å². The van der Waals surface area contributed by atoms with Crippen LogP contribution in [0.2, 0.25) is 5.02 Å². The molecule has 1 amide bonds. The molecule has 0 radical (unpaired) electrons. The molecule has 1 saturated heterocycles. The van der Waals surface area contributed by atoms with Crippen molar-refractivity contribution >= 4 is 17.5 Å². The third-order valence-corrected chi connectivity index (χ3v) is 4.15. The number of halogens is 1. The Kier molecular flexibility index (Phi) is 5.23. The van der Waals surface area contributed by atoms with E-state index >= 15 is 0 Å². The Morgan fingerprint density at radius 2 is 2.16 bits per heavy atom. The number of aryl methyl sites for hydroxylation is 1. The number of likely N-dealkylation sites (tertiary alicyclic amines) is 1. The Bertz CT molecular complexity index is 436. The molecule has 2 N–H and O–H groups in total. The van der Waals surface area contributed by atoms with Crippen molar-refractivity contribution in [3.63, 3.8) is 0 Å². The van der Waals surface area contributed by atoms with Crippen molar-refractivity contribution in [2.24, 2.45) is 5.73 Å². The molecule has 0 aromatic heterocycles. The average Bonchev–Trinajstić information content (AvgIpc) is 2.46. The van der Waals surface area contributed by atoms with Gasteiger partial charge < -0.3 is 10.6 Å². The zero-order chi connectivity index (χ0) is 13.7. The van der Waals surface area contributed by atoms with Crippen LogP contribution < -0.4 is 5.73 Å². The molecular weight excluding hydrogens is 260 g/mol. The van der Waals surface area contributed by atoms with Gasteiger partial charge in [-0.3, -0.25) is 4.79 Å². The van der Waals surface area contributed by atoms with E-state index in [-0.39, 0.29) is 11.9 Å². The number of carbonyl (C=O) groups excluding carboxylic acids is 1. The first kappa shape index (κ1) is 14.4.